The zero-order chi connectivity index (χ0) is 12.3. The topological polar surface area (TPSA) is 54.9 Å². The molecule has 17 heavy (non-hydrogen) atoms. The van der Waals surface area contributed by atoms with Crippen LogP contribution in [0.3, 0.4) is 0 Å². The third-order valence-corrected chi connectivity index (χ3v) is 2.74. The quantitative estimate of drug-likeness (QED) is 0.888. The van der Waals surface area contributed by atoms with Gasteiger partial charge in [0.1, 0.15) is 12.0 Å². The summed E-state index contributed by atoms with van der Waals surface area (Å²) in [6, 6.07) is 6.90. The summed E-state index contributed by atoms with van der Waals surface area (Å²) in [6.07, 6.45) is 2.85. The van der Waals surface area contributed by atoms with Gasteiger partial charge in [-0.2, -0.15) is 0 Å². The lowest BCUT2D eigenvalue weighted by molar-refractivity contribution is 0.102. The molecule has 1 amide bonds. The molecule has 4 nitrogen and oxygen atoms in total. The largest absolute Gasteiger partial charge is 0.320 e. The average Bonchev–Trinajstić information content (AvgIpc) is 2.36. The first-order chi connectivity index (χ1) is 8.18. The average molecular weight is 248 g/mol. The minimum absolute atomic E-state index is 0.280. The van der Waals surface area contributed by atoms with Crippen molar-refractivity contribution in [3.63, 3.8) is 0 Å². The summed E-state index contributed by atoms with van der Waals surface area (Å²) < 4.78 is 0. The van der Waals surface area contributed by atoms with E-state index < -0.39 is 0 Å². The smallest absolute Gasteiger partial charge is 0.274 e. The minimum atomic E-state index is -0.280. The summed E-state index contributed by atoms with van der Waals surface area (Å²) in [5, 5.41) is 3.37. The summed E-state index contributed by atoms with van der Waals surface area (Å²) >= 11 is 5.97. The predicted molar refractivity (Wildman–Crippen MR) is 66.2 cm³/mol. The Morgan fingerprint density at radius 2 is 2.18 bits per heavy atom. The molecule has 2 aromatic rings. The maximum absolute atomic E-state index is 11.8. The Balaban J connectivity index is 2.22. The molecule has 0 atom stereocenters. The van der Waals surface area contributed by atoms with Crippen molar-refractivity contribution in [2.24, 2.45) is 0 Å². The SMILES string of the molecule is Cc1c(Cl)cccc1NC(=O)c1ccncn1. The van der Waals surface area contributed by atoms with Crippen LogP contribution in [0.4, 0.5) is 5.69 Å². The maximum Gasteiger partial charge on any atom is 0.274 e. The molecule has 0 saturated carbocycles. The molecule has 0 spiro atoms. The Labute approximate surface area is 104 Å². The highest BCUT2D eigenvalue weighted by atomic mass is 35.5. The van der Waals surface area contributed by atoms with Crippen LogP contribution in [0, 0.1) is 6.92 Å². The lowest BCUT2D eigenvalue weighted by Gasteiger charge is -2.08. The number of hydrogen-bond acceptors (Lipinski definition) is 3. The fraction of sp³-hybridized carbons (Fsp3) is 0.0833. The van der Waals surface area contributed by atoms with E-state index in [1.54, 1.807) is 24.3 Å². The van der Waals surface area contributed by atoms with Crippen molar-refractivity contribution in [3.05, 3.63) is 53.1 Å². The number of aromatic nitrogens is 2. The number of amides is 1. The summed E-state index contributed by atoms with van der Waals surface area (Å²) in [5.41, 5.74) is 1.83. The molecule has 2 rings (SSSR count). The second-order valence-electron chi connectivity index (χ2n) is 3.46. The van der Waals surface area contributed by atoms with Gasteiger partial charge in [-0.15, -0.1) is 0 Å². The fourth-order valence-corrected chi connectivity index (χ4v) is 1.53. The Morgan fingerprint density at radius 3 is 2.88 bits per heavy atom. The zero-order valence-electron chi connectivity index (χ0n) is 9.14. The van der Waals surface area contributed by atoms with Gasteiger partial charge in [0.15, 0.2) is 0 Å². The second-order valence-corrected chi connectivity index (χ2v) is 3.87. The summed E-state index contributed by atoms with van der Waals surface area (Å²) in [6.45, 7) is 1.85. The van der Waals surface area contributed by atoms with Crippen molar-refractivity contribution in [1.29, 1.82) is 0 Å². The number of halogens is 1. The third-order valence-electron chi connectivity index (χ3n) is 2.33. The van der Waals surface area contributed by atoms with E-state index in [9.17, 15) is 4.79 Å². The van der Waals surface area contributed by atoms with Gasteiger partial charge >= 0.3 is 0 Å². The molecule has 0 aliphatic carbocycles. The number of benzene rings is 1. The number of carbonyl (C=O) groups is 1. The van der Waals surface area contributed by atoms with Crippen LogP contribution in [0.1, 0.15) is 16.1 Å². The molecule has 1 aromatic carbocycles. The molecule has 0 fully saturated rings. The van der Waals surface area contributed by atoms with Gasteiger partial charge in [0.05, 0.1) is 0 Å². The first-order valence-electron chi connectivity index (χ1n) is 5.01. The molecule has 0 radical (unpaired) electrons. The number of nitrogens with zero attached hydrogens (tertiary/aromatic N) is 2. The van der Waals surface area contributed by atoms with E-state index in [1.807, 2.05) is 6.92 Å². The molecule has 1 aromatic heterocycles. The highest BCUT2D eigenvalue weighted by Crippen LogP contribution is 2.23. The Bertz CT molecular complexity index is 543. The van der Waals surface area contributed by atoms with Crippen LogP contribution in [-0.4, -0.2) is 15.9 Å². The standard InChI is InChI=1S/C12H10ClN3O/c1-8-9(13)3-2-4-10(8)16-12(17)11-5-6-14-7-15-11/h2-7H,1H3,(H,16,17). The van der Waals surface area contributed by atoms with E-state index in [-0.39, 0.29) is 5.91 Å². The van der Waals surface area contributed by atoms with Gasteiger partial charge in [0.2, 0.25) is 0 Å². The van der Waals surface area contributed by atoms with E-state index in [0.717, 1.165) is 5.56 Å². The molecule has 0 unspecified atom stereocenters. The monoisotopic (exact) mass is 247 g/mol. The second kappa shape index (κ2) is 4.93. The summed E-state index contributed by atoms with van der Waals surface area (Å²) in [4.78, 5) is 19.5. The molecule has 0 aliphatic heterocycles. The minimum Gasteiger partial charge on any atom is -0.320 e. The molecular formula is C12H10ClN3O. The first-order valence-corrected chi connectivity index (χ1v) is 5.39. The van der Waals surface area contributed by atoms with Crippen molar-refractivity contribution in [3.8, 4) is 0 Å². The van der Waals surface area contributed by atoms with Crippen molar-refractivity contribution in [2.75, 3.05) is 5.32 Å². The molecule has 1 N–H and O–H groups in total. The number of hydrogen-bond donors (Lipinski definition) is 1. The zero-order valence-corrected chi connectivity index (χ0v) is 9.90. The molecule has 0 saturated heterocycles. The van der Waals surface area contributed by atoms with Crippen molar-refractivity contribution in [1.82, 2.24) is 9.97 Å². The number of nitrogens with one attached hydrogen (secondary N) is 1. The molecule has 1 heterocycles. The van der Waals surface area contributed by atoms with Gasteiger partial charge in [-0.1, -0.05) is 17.7 Å². The Morgan fingerprint density at radius 1 is 1.35 bits per heavy atom. The summed E-state index contributed by atoms with van der Waals surface area (Å²) in [5.74, 6) is -0.280. The summed E-state index contributed by atoms with van der Waals surface area (Å²) in [7, 11) is 0. The van der Waals surface area contributed by atoms with Crippen LogP contribution in [-0.2, 0) is 0 Å². The van der Waals surface area contributed by atoms with Crippen molar-refractivity contribution < 1.29 is 4.79 Å². The number of carbonyl (C=O) groups excluding carboxylic acids is 1. The van der Waals surface area contributed by atoms with Crippen LogP contribution >= 0.6 is 11.6 Å². The van der Waals surface area contributed by atoms with Gasteiger partial charge in [0.25, 0.3) is 5.91 Å². The van der Waals surface area contributed by atoms with E-state index in [4.69, 9.17) is 11.6 Å². The fourth-order valence-electron chi connectivity index (χ4n) is 1.35. The lowest BCUT2D eigenvalue weighted by Crippen LogP contribution is -2.14. The van der Waals surface area contributed by atoms with Crippen LogP contribution in [0.15, 0.2) is 36.8 Å². The highest BCUT2D eigenvalue weighted by Gasteiger charge is 2.09. The maximum atomic E-state index is 11.8. The van der Waals surface area contributed by atoms with Gasteiger partial charge in [-0.05, 0) is 30.7 Å². The highest BCUT2D eigenvalue weighted by molar-refractivity contribution is 6.31. The van der Waals surface area contributed by atoms with Gasteiger partial charge in [0, 0.05) is 16.9 Å². The molecule has 5 heteroatoms. The van der Waals surface area contributed by atoms with Crippen LogP contribution < -0.4 is 5.32 Å². The molecule has 0 bridgehead atoms. The molecule has 86 valence electrons. The van der Waals surface area contributed by atoms with Crippen LogP contribution in [0.5, 0.6) is 0 Å². The van der Waals surface area contributed by atoms with E-state index in [2.05, 4.69) is 15.3 Å². The molecule has 0 aliphatic rings. The van der Waals surface area contributed by atoms with E-state index in [1.165, 1.54) is 12.5 Å². The Kier molecular flexibility index (Phi) is 3.35. The van der Waals surface area contributed by atoms with E-state index in [0.29, 0.717) is 16.4 Å². The molecular weight excluding hydrogens is 238 g/mol. The van der Waals surface area contributed by atoms with Gasteiger partial charge < -0.3 is 5.32 Å². The van der Waals surface area contributed by atoms with Crippen molar-refractivity contribution >= 4 is 23.2 Å². The Hall–Kier alpha value is -1.94. The van der Waals surface area contributed by atoms with Crippen LogP contribution in [0.2, 0.25) is 5.02 Å². The third kappa shape index (κ3) is 2.60. The predicted octanol–water partition coefficient (Wildman–Crippen LogP) is 2.69. The number of anilines is 1. The normalized spacial score (nSPS) is 10.0. The van der Waals surface area contributed by atoms with Gasteiger partial charge in [-0.3, -0.25) is 4.79 Å². The number of rotatable bonds is 2. The van der Waals surface area contributed by atoms with Crippen LogP contribution in [0.25, 0.3) is 0 Å². The first kappa shape index (κ1) is 11.5. The van der Waals surface area contributed by atoms with Crippen molar-refractivity contribution in [2.45, 2.75) is 6.92 Å². The van der Waals surface area contributed by atoms with Gasteiger partial charge in [-0.25, -0.2) is 9.97 Å². The van der Waals surface area contributed by atoms with E-state index >= 15 is 0 Å². The lowest BCUT2D eigenvalue weighted by atomic mass is 10.2.